The number of nitrogen functional groups attached to an aromatic ring is 1. The maximum atomic E-state index is 12.6. The minimum Gasteiger partial charge on any atom is -0.451 e. The highest BCUT2D eigenvalue weighted by molar-refractivity contribution is 5.96. The predicted octanol–water partition coefficient (Wildman–Crippen LogP) is 3.42. The molecule has 1 heterocycles. The van der Waals surface area contributed by atoms with Crippen molar-refractivity contribution in [1.29, 1.82) is 0 Å². The SMILES string of the molecule is CCN(C(=O)c1cc2cc(N)ccc2o1)C1CCCC1. The molecule has 1 aliphatic rings. The van der Waals surface area contributed by atoms with Gasteiger partial charge in [-0.15, -0.1) is 0 Å². The van der Waals surface area contributed by atoms with Gasteiger partial charge in [0.2, 0.25) is 0 Å². The van der Waals surface area contributed by atoms with Crippen molar-refractivity contribution in [3.63, 3.8) is 0 Å². The van der Waals surface area contributed by atoms with Gasteiger partial charge in [-0.25, -0.2) is 0 Å². The molecule has 106 valence electrons. The fourth-order valence-electron chi connectivity index (χ4n) is 3.09. The van der Waals surface area contributed by atoms with E-state index in [-0.39, 0.29) is 5.91 Å². The van der Waals surface area contributed by atoms with Crippen LogP contribution >= 0.6 is 0 Å². The van der Waals surface area contributed by atoms with Crippen LogP contribution in [0.4, 0.5) is 5.69 Å². The van der Waals surface area contributed by atoms with Gasteiger partial charge in [0.15, 0.2) is 5.76 Å². The van der Waals surface area contributed by atoms with E-state index in [1.807, 2.05) is 24.0 Å². The first-order valence-corrected chi connectivity index (χ1v) is 7.29. The number of hydrogen-bond acceptors (Lipinski definition) is 3. The van der Waals surface area contributed by atoms with Crippen LogP contribution in [0.3, 0.4) is 0 Å². The van der Waals surface area contributed by atoms with E-state index >= 15 is 0 Å². The summed E-state index contributed by atoms with van der Waals surface area (Å²) >= 11 is 0. The molecule has 0 bridgehead atoms. The van der Waals surface area contributed by atoms with Gasteiger partial charge in [0.1, 0.15) is 5.58 Å². The Morgan fingerprint density at radius 3 is 2.80 bits per heavy atom. The number of anilines is 1. The van der Waals surface area contributed by atoms with E-state index in [0.29, 0.717) is 23.1 Å². The lowest BCUT2D eigenvalue weighted by Crippen LogP contribution is -2.38. The third kappa shape index (κ3) is 2.26. The van der Waals surface area contributed by atoms with E-state index in [2.05, 4.69) is 0 Å². The van der Waals surface area contributed by atoms with Crippen LogP contribution in [-0.4, -0.2) is 23.4 Å². The second-order valence-corrected chi connectivity index (χ2v) is 5.44. The summed E-state index contributed by atoms with van der Waals surface area (Å²) in [7, 11) is 0. The van der Waals surface area contributed by atoms with Gasteiger partial charge in [0, 0.05) is 23.7 Å². The second-order valence-electron chi connectivity index (χ2n) is 5.44. The van der Waals surface area contributed by atoms with Gasteiger partial charge < -0.3 is 15.1 Å². The first kappa shape index (κ1) is 13.0. The predicted molar refractivity (Wildman–Crippen MR) is 79.6 cm³/mol. The molecule has 0 saturated heterocycles. The Labute approximate surface area is 118 Å². The van der Waals surface area contributed by atoms with Crippen LogP contribution in [0.1, 0.15) is 43.2 Å². The smallest absolute Gasteiger partial charge is 0.289 e. The molecule has 3 rings (SSSR count). The quantitative estimate of drug-likeness (QED) is 0.871. The van der Waals surface area contributed by atoms with Gasteiger partial charge in [-0.1, -0.05) is 12.8 Å². The zero-order valence-electron chi connectivity index (χ0n) is 11.8. The molecule has 1 amide bonds. The van der Waals surface area contributed by atoms with E-state index in [0.717, 1.165) is 24.8 Å². The molecule has 4 heteroatoms. The Kier molecular flexibility index (Phi) is 3.38. The van der Waals surface area contributed by atoms with Crippen LogP contribution in [0.2, 0.25) is 0 Å². The summed E-state index contributed by atoms with van der Waals surface area (Å²) in [6, 6.07) is 7.60. The van der Waals surface area contributed by atoms with E-state index < -0.39 is 0 Å². The lowest BCUT2D eigenvalue weighted by atomic mass is 10.2. The van der Waals surface area contributed by atoms with Crippen molar-refractivity contribution >= 4 is 22.6 Å². The number of hydrogen-bond donors (Lipinski definition) is 1. The van der Waals surface area contributed by atoms with Gasteiger partial charge in [0.05, 0.1) is 0 Å². The first-order chi connectivity index (χ1) is 9.69. The Bertz CT molecular complexity index is 626. The monoisotopic (exact) mass is 272 g/mol. The minimum atomic E-state index is -0.00540. The molecule has 1 aliphatic carbocycles. The molecular formula is C16H20N2O2. The van der Waals surface area contributed by atoms with E-state index in [1.165, 1.54) is 12.8 Å². The number of rotatable bonds is 3. The molecule has 0 spiro atoms. The highest BCUT2D eigenvalue weighted by atomic mass is 16.3. The van der Waals surface area contributed by atoms with Crippen LogP contribution in [0.5, 0.6) is 0 Å². The zero-order chi connectivity index (χ0) is 14.1. The van der Waals surface area contributed by atoms with E-state index in [9.17, 15) is 4.79 Å². The van der Waals surface area contributed by atoms with Crippen molar-refractivity contribution in [2.24, 2.45) is 0 Å². The van der Waals surface area contributed by atoms with Crippen LogP contribution in [0, 0.1) is 0 Å². The first-order valence-electron chi connectivity index (χ1n) is 7.29. The highest BCUT2D eigenvalue weighted by Crippen LogP contribution is 2.27. The lowest BCUT2D eigenvalue weighted by molar-refractivity contribution is 0.0663. The van der Waals surface area contributed by atoms with E-state index in [4.69, 9.17) is 10.2 Å². The molecule has 2 aromatic rings. The molecule has 1 fully saturated rings. The number of nitrogens with zero attached hydrogens (tertiary/aromatic N) is 1. The Hall–Kier alpha value is -1.97. The average molecular weight is 272 g/mol. The second kappa shape index (κ2) is 5.19. The average Bonchev–Trinajstić information content (AvgIpc) is 3.07. The topological polar surface area (TPSA) is 59.5 Å². The maximum Gasteiger partial charge on any atom is 0.289 e. The molecule has 0 radical (unpaired) electrons. The van der Waals surface area contributed by atoms with Gasteiger partial charge >= 0.3 is 0 Å². The molecule has 2 N–H and O–H groups in total. The standard InChI is InChI=1S/C16H20N2O2/c1-2-18(13-5-3-4-6-13)16(19)15-10-11-9-12(17)7-8-14(11)20-15/h7-10,13H,2-6,17H2,1H3. The van der Waals surface area contributed by atoms with Gasteiger partial charge in [-0.3, -0.25) is 4.79 Å². The lowest BCUT2D eigenvalue weighted by Gasteiger charge is -2.26. The van der Waals surface area contributed by atoms with Crippen molar-refractivity contribution in [3.8, 4) is 0 Å². The Balaban J connectivity index is 1.90. The number of nitrogens with two attached hydrogens (primary N) is 1. The molecule has 0 aliphatic heterocycles. The molecule has 4 nitrogen and oxygen atoms in total. The van der Waals surface area contributed by atoms with Crippen LogP contribution < -0.4 is 5.73 Å². The van der Waals surface area contributed by atoms with Crippen molar-refractivity contribution in [2.75, 3.05) is 12.3 Å². The fraction of sp³-hybridized carbons (Fsp3) is 0.438. The summed E-state index contributed by atoms with van der Waals surface area (Å²) in [5, 5.41) is 0.885. The molecule has 20 heavy (non-hydrogen) atoms. The number of furan rings is 1. The molecule has 1 aromatic carbocycles. The zero-order valence-corrected chi connectivity index (χ0v) is 11.8. The van der Waals surface area contributed by atoms with Crippen molar-refractivity contribution in [2.45, 2.75) is 38.6 Å². The summed E-state index contributed by atoms with van der Waals surface area (Å²) in [6.07, 6.45) is 4.63. The van der Waals surface area contributed by atoms with E-state index in [1.54, 1.807) is 12.1 Å². The van der Waals surface area contributed by atoms with Gasteiger partial charge in [-0.05, 0) is 44.0 Å². The number of benzene rings is 1. The van der Waals surface area contributed by atoms with Gasteiger partial charge in [0.25, 0.3) is 5.91 Å². The molecule has 0 unspecified atom stereocenters. The third-order valence-electron chi connectivity index (χ3n) is 4.12. The fourth-order valence-corrected chi connectivity index (χ4v) is 3.09. The van der Waals surface area contributed by atoms with Crippen LogP contribution in [0.15, 0.2) is 28.7 Å². The largest absolute Gasteiger partial charge is 0.451 e. The number of amides is 1. The van der Waals surface area contributed by atoms with Crippen molar-refractivity contribution < 1.29 is 9.21 Å². The molecule has 1 aromatic heterocycles. The normalized spacial score (nSPS) is 15.8. The van der Waals surface area contributed by atoms with Crippen LogP contribution in [-0.2, 0) is 0 Å². The number of fused-ring (bicyclic) bond motifs is 1. The third-order valence-corrected chi connectivity index (χ3v) is 4.12. The summed E-state index contributed by atoms with van der Waals surface area (Å²) in [4.78, 5) is 14.6. The molecular weight excluding hydrogens is 252 g/mol. The molecule has 0 atom stereocenters. The Morgan fingerprint density at radius 2 is 2.10 bits per heavy atom. The Morgan fingerprint density at radius 1 is 1.35 bits per heavy atom. The summed E-state index contributed by atoms with van der Waals surface area (Å²) in [5.41, 5.74) is 7.15. The highest BCUT2D eigenvalue weighted by Gasteiger charge is 2.28. The summed E-state index contributed by atoms with van der Waals surface area (Å²) < 4.78 is 5.68. The number of carbonyl (C=O) groups is 1. The summed E-state index contributed by atoms with van der Waals surface area (Å²) in [6.45, 7) is 2.75. The minimum absolute atomic E-state index is 0.00540. The number of carbonyl (C=O) groups excluding carboxylic acids is 1. The van der Waals surface area contributed by atoms with Crippen molar-refractivity contribution in [3.05, 3.63) is 30.0 Å². The maximum absolute atomic E-state index is 12.6. The van der Waals surface area contributed by atoms with Crippen molar-refractivity contribution in [1.82, 2.24) is 4.90 Å². The van der Waals surface area contributed by atoms with Gasteiger partial charge in [-0.2, -0.15) is 0 Å². The van der Waals surface area contributed by atoms with Crippen LogP contribution in [0.25, 0.3) is 11.0 Å². The molecule has 1 saturated carbocycles. The summed E-state index contributed by atoms with van der Waals surface area (Å²) in [5.74, 6) is 0.411.